The highest BCUT2D eigenvalue weighted by Gasteiger charge is 2.04. The second-order valence-electron chi connectivity index (χ2n) is 2.72. The van der Waals surface area contributed by atoms with Gasteiger partial charge in [0, 0.05) is 6.54 Å². The first kappa shape index (κ1) is 9.43. The summed E-state index contributed by atoms with van der Waals surface area (Å²) < 4.78 is 0. The molecule has 2 atom stereocenters. The lowest BCUT2D eigenvalue weighted by Gasteiger charge is -2.11. The maximum atomic E-state index is 9.82. The van der Waals surface area contributed by atoms with Gasteiger partial charge in [0.15, 0.2) is 0 Å². The molecule has 0 bridgehead atoms. The van der Waals surface area contributed by atoms with Crippen LogP contribution >= 0.6 is 0 Å². The van der Waals surface area contributed by atoms with Crippen LogP contribution in [0, 0.1) is 5.92 Å². The van der Waals surface area contributed by atoms with E-state index >= 15 is 0 Å². The summed E-state index contributed by atoms with van der Waals surface area (Å²) in [7, 11) is 0. The number of aliphatic hydroxyl groups is 1. The van der Waals surface area contributed by atoms with Gasteiger partial charge in [-0.25, -0.2) is 0 Å². The van der Waals surface area contributed by atoms with E-state index in [1.165, 1.54) is 0 Å². The third-order valence-corrected chi connectivity index (χ3v) is 1.29. The van der Waals surface area contributed by atoms with Crippen molar-refractivity contribution in [1.29, 1.82) is 0 Å². The maximum absolute atomic E-state index is 9.82. The van der Waals surface area contributed by atoms with E-state index in [1.807, 2.05) is 6.92 Å². The maximum Gasteiger partial charge on any atom is 0.207 e. The standard InChI is InChI=1S/C7H15NO2/c1-6(3-7(2)10)4-8-5-9/h5-7,10H,3-4H2,1-2H3,(H,8,9). The van der Waals surface area contributed by atoms with Gasteiger partial charge < -0.3 is 10.4 Å². The van der Waals surface area contributed by atoms with Crippen LogP contribution in [0.1, 0.15) is 20.3 Å². The number of hydrogen-bond acceptors (Lipinski definition) is 2. The fourth-order valence-corrected chi connectivity index (χ4v) is 0.915. The summed E-state index contributed by atoms with van der Waals surface area (Å²) in [6, 6.07) is 0. The van der Waals surface area contributed by atoms with Crippen molar-refractivity contribution in [3.8, 4) is 0 Å². The van der Waals surface area contributed by atoms with Gasteiger partial charge in [-0.2, -0.15) is 0 Å². The molecule has 0 radical (unpaired) electrons. The van der Waals surface area contributed by atoms with E-state index < -0.39 is 0 Å². The van der Waals surface area contributed by atoms with Crippen LogP contribution in [0.15, 0.2) is 0 Å². The van der Waals surface area contributed by atoms with Gasteiger partial charge in [0.2, 0.25) is 6.41 Å². The molecule has 0 aromatic carbocycles. The predicted molar refractivity (Wildman–Crippen MR) is 39.5 cm³/mol. The number of amides is 1. The highest BCUT2D eigenvalue weighted by atomic mass is 16.3. The van der Waals surface area contributed by atoms with Crippen molar-refractivity contribution in [2.45, 2.75) is 26.4 Å². The van der Waals surface area contributed by atoms with E-state index in [1.54, 1.807) is 6.92 Å². The summed E-state index contributed by atoms with van der Waals surface area (Å²) in [6.45, 7) is 4.38. The van der Waals surface area contributed by atoms with Crippen LogP contribution in [0.2, 0.25) is 0 Å². The molecule has 3 heteroatoms. The van der Waals surface area contributed by atoms with Crippen LogP contribution in [-0.4, -0.2) is 24.2 Å². The van der Waals surface area contributed by atoms with Crippen LogP contribution in [0.4, 0.5) is 0 Å². The molecule has 1 amide bonds. The Labute approximate surface area is 61.4 Å². The first-order chi connectivity index (χ1) is 4.66. The number of nitrogens with one attached hydrogen (secondary N) is 1. The smallest absolute Gasteiger partial charge is 0.207 e. The lowest BCUT2D eigenvalue weighted by atomic mass is 10.1. The molecule has 3 nitrogen and oxygen atoms in total. The molecule has 0 saturated heterocycles. The number of carbonyl (C=O) groups is 1. The molecule has 0 heterocycles. The summed E-state index contributed by atoms with van der Waals surface area (Å²) in [5, 5.41) is 11.5. The third-order valence-electron chi connectivity index (χ3n) is 1.29. The Morgan fingerprint density at radius 1 is 1.60 bits per heavy atom. The van der Waals surface area contributed by atoms with Gasteiger partial charge in [-0.3, -0.25) is 4.79 Å². The average molecular weight is 145 g/mol. The van der Waals surface area contributed by atoms with Crippen molar-refractivity contribution in [2.75, 3.05) is 6.54 Å². The van der Waals surface area contributed by atoms with E-state index in [0.29, 0.717) is 18.9 Å². The van der Waals surface area contributed by atoms with Crippen LogP contribution in [-0.2, 0) is 4.79 Å². The Hall–Kier alpha value is -0.570. The third kappa shape index (κ3) is 5.56. The Bertz CT molecular complexity index is 93.6. The summed E-state index contributed by atoms with van der Waals surface area (Å²) in [5.74, 6) is 0.352. The molecule has 0 rings (SSSR count). The minimum Gasteiger partial charge on any atom is -0.393 e. The largest absolute Gasteiger partial charge is 0.393 e. The van der Waals surface area contributed by atoms with E-state index in [0.717, 1.165) is 6.42 Å². The van der Waals surface area contributed by atoms with Gasteiger partial charge in [-0.05, 0) is 19.3 Å². The normalized spacial score (nSPS) is 15.9. The Kier molecular flexibility index (Phi) is 4.94. The minimum atomic E-state index is -0.275. The zero-order chi connectivity index (χ0) is 7.98. The second-order valence-corrected chi connectivity index (χ2v) is 2.72. The van der Waals surface area contributed by atoms with Gasteiger partial charge in [-0.1, -0.05) is 6.92 Å². The molecule has 0 aliphatic heterocycles. The van der Waals surface area contributed by atoms with E-state index in [9.17, 15) is 4.79 Å². The van der Waals surface area contributed by atoms with Crippen LogP contribution < -0.4 is 5.32 Å². The number of rotatable bonds is 5. The van der Waals surface area contributed by atoms with Gasteiger partial charge in [0.1, 0.15) is 0 Å². The molecule has 0 aromatic rings. The molecule has 0 spiro atoms. The van der Waals surface area contributed by atoms with Crippen molar-refractivity contribution in [1.82, 2.24) is 5.32 Å². The highest BCUT2D eigenvalue weighted by Crippen LogP contribution is 2.02. The van der Waals surface area contributed by atoms with Crippen LogP contribution in [0.3, 0.4) is 0 Å². The lowest BCUT2D eigenvalue weighted by molar-refractivity contribution is -0.109. The van der Waals surface area contributed by atoms with Crippen molar-refractivity contribution in [3.63, 3.8) is 0 Å². The molecule has 0 fully saturated rings. The first-order valence-corrected chi connectivity index (χ1v) is 3.52. The van der Waals surface area contributed by atoms with Gasteiger partial charge in [0.25, 0.3) is 0 Å². The number of carbonyl (C=O) groups excluding carboxylic acids is 1. The Morgan fingerprint density at radius 2 is 2.20 bits per heavy atom. The summed E-state index contributed by atoms with van der Waals surface area (Å²) in [5.41, 5.74) is 0. The van der Waals surface area contributed by atoms with Crippen molar-refractivity contribution in [3.05, 3.63) is 0 Å². The quantitative estimate of drug-likeness (QED) is 0.541. The lowest BCUT2D eigenvalue weighted by Crippen LogP contribution is -2.21. The Balaban J connectivity index is 3.24. The summed E-state index contributed by atoms with van der Waals surface area (Å²) in [6.07, 6.45) is 1.14. The van der Waals surface area contributed by atoms with E-state index in [-0.39, 0.29) is 6.10 Å². The number of aliphatic hydroxyl groups excluding tert-OH is 1. The fourth-order valence-electron chi connectivity index (χ4n) is 0.915. The van der Waals surface area contributed by atoms with Crippen molar-refractivity contribution in [2.24, 2.45) is 5.92 Å². The van der Waals surface area contributed by atoms with Crippen LogP contribution in [0.25, 0.3) is 0 Å². The van der Waals surface area contributed by atoms with Crippen LogP contribution in [0.5, 0.6) is 0 Å². The van der Waals surface area contributed by atoms with E-state index in [4.69, 9.17) is 5.11 Å². The molecular formula is C7H15NO2. The van der Waals surface area contributed by atoms with Crippen molar-refractivity contribution >= 4 is 6.41 Å². The average Bonchev–Trinajstić information content (AvgIpc) is 1.82. The molecule has 0 saturated carbocycles. The fraction of sp³-hybridized carbons (Fsp3) is 0.857. The van der Waals surface area contributed by atoms with Gasteiger partial charge in [-0.15, -0.1) is 0 Å². The number of hydrogen-bond donors (Lipinski definition) is 2. The van der Waals surface area contributed by atoms with E-state index in [2.05, 4.69) is 5.32 Å². The second kappa shape index (κ2) is 5.23. The van der Waals surface area contributed by atoms with Crippen molar-refractivity contribution < 1.29 is 9.90 Å². The Morgan fingerprint density at radius 3 is 2.60 bits per heavy atom. The molecule has 0 aliphatic rings. The molecule has 2 N–H and O–H groups in total. The molecular weight excluding hydrogens is 130 g/mol. The zero-order valence-corrected chi connectivity index (χ0v) is 6.50. The SMILES string of the molecule is CC(O)CC(C)CNC=O. The molecule has 60 valence electrons. The molecule has 0 aliphatic carbocycles. The topological polar surface area (TPSA) is 49.3 Å². The zero-order valence-electron chi connectivity index (χ0n) is 6.50. The molecule has 2 unspecified atom stereocenters. The summed E-state index contributed by atoms with van der Waals surface area (Å²) in [4.78, 5) is 9.82. The predicted octanol–water partition coefficient (Wildman–Crippen LogP) is 0.139. The highest BCUT2D eigenvalue weighted by molar-refractivity contribution is 5.45. The minimum absolute atomic E-state index is 0.275. The monoisotopic (exact) mass is 145 g/mol. The molecule has 10 heavy (non-hydrogen) atoms. The summed E-state index contributed by atoms with van der Waals surface area (Å²) >= 11 is 0. The van der Waals surface area contributed by atoms with Gasteiger partial charge in [0.05, 0.1) is 6.10 Å². The first-order valence-electron chi connectivity index (χ1n) is 3.52. The van der Waals surface area contributed by atoms with Gasteiger partial charge >= 0.3 is 0 Å². The molecule has 0 aromatic heterocycles.